The monoisotopic (exact) mass is 498 g/mol. The number of carbonyl (C=O) groups is 2. The van der Waals surface area contributed by atoms with E-state index in [0.717, 1.165) is 24.3 Å². The van der Waals surface area contributed by atoms with Crippen LogP contribution in [0, 0.1) is 0 Å². The van der Waals surface area contributed by atoms with Crippen molar-refractivity contribution in [3.63, 3.8) is 0 Å². The molecule has 190 valence electrons. The summed E-state index contributed by atoms with van der Waals surface area (Å²) in [7, 11) is 3.45. The number of aromatic amines is 1. The van der Waals surface area contributed by atoms with Gasteiger partial charge in [0.05, 0.1) is 22.3 Å². The van der Waals surface area contributed by atoms with E-state index < -0.39 is 0 Å². The molecular formula is C28H30N6O3. The highest BCUT2D eigenvalue weighted by molar-refractivity contribution is 6.08. The van der Waals surface area contributed by atoms with Crippen molar-refractivity contribution >= 4 is 35.0 Å². The molecule has 1 atom stereocenters. The molecule has 3 heterocycles. The predicted molar refractivity (Wildman–Crippen MR) is 143 cm³/mol. The molecule has 1 aliphatic heterocycles. The molecule has 9 heteroatoms. The Bertz CT molecular complexity index is 1410. The molecule has 2 aromatic heterocycles. The van der Waals surface area contributed by atoms with Crippen molar-refractivity contribution in [3.05, 3.63) is 82.4 Å². The number of amides is 2. The maximum atomic E-state index is 13.7. The molecule has 1 unspecified atom stereocenters. The van der Waals surface area contributed by atoms with Crippen molar-refractivity contribution in [1.82, 2.24) is 30.3 Å². The molecule has 2 amide bonds. The number of pyridine rings is 1. The van der Waals surface area contributed by atoms with Crippen molar-refractivity contribution < 1.29 is 14.7 Å². The van der Waals surface area contributed by atoms with Gasteiger partial charge in [-0.2, -0.15) is 5.10 Å². The Morgan fingerprint density at radius 3 is 2.57 bits per heavy atom. The van der Waals surface area contributed by atoms with Crippen LogP contribution in [0.4, 0.5) is 0 Å². The number of aliphatic hydroxyl groups is 1. The Morgan fingerprint density at radius 1 is 1.14 bits per heavy atom. The van der Waals surface area contributed by atoms with Gasteiger partial charge >= 0.3 is 0 Å². The number of H-pyrrole nitrogens is 1. The fourth-order valence-corrected chi connectivity index (χ4v) is 4.59. The lowest BCUT2D eigenvalue weighted by atomic mass is 9.94. The highest BCUT2D eigenvalue weighted by atomic mass is 16.3. The minimum atomic E-state index is -0.0507. The van der Waals surface area contributed by atoms with Crippen LogP contribution in [-0.2, 0) is 0 Å². The first-order chi connectivity index (χ1) is 17.9. The molecule has 0 saturated carbocycles. The van der Waals surface area contributed by atoms with Gasteiger partial charge in [0.15, 0.2) is 5.65 Å². The molecule has 2 aliphatic rings. The summed E-state index contributed by atoms with van der Waals surface area (Å²) in [6.07, 6.45) is 9.70. The minimum Gasteiger partial charge on any atom is -0.508 e. The van der Waals surface area contributed by atoms with Crippen LogP contribution in [0.15, 0.2) is 54.3 Å². The molecule has 37 heavy (non-hydrogen) atoms. The number of carbonyl (C=O) groups excluding carboxylic acids is 2. The molecule has 1 aliphatic carbocycles. The van der Waals surface area contributed by atoms with E-state index in [1.54, 1.807) is 43.3 Å². The van der Waals surface area contributed by atoms with Crippen LogP contribution < -0.4 is 5.32 Å². The van der Waals surface area contributed by atoms with Gasteiger partial charge in [-0.15, -0.1) is 0 Å². The summed E-state index contributed by atoms with van der Waals surface area (Å²) < 4.78 is 0. The van der Waals surface area contributed by atoms with Crippen LogP contribution in [-0.4, -0.2) is 82.2 Å². The smallest absolute Gasteiger partial charge is 0.254 e. The van der Waals surface area contributed by atoms with Gasteiger partial charge < -0.3 is 20.2 Å². The normalized spacial score (nSPS) is 17.8. The number of aromatic nitrogens is 3. The Kier molecular flexibility index (Phi) is 6.87. The SMILES string of the molecule is CN(C)C(=O)c1ccc(/C=C/c2n[nH]c3nc(C4C=CC(O)=CC4)cc(C(=O)N4CCNCC4)c23)cc1. The van der Waals surface area contributed by atoms with E-state index in [9.17, 15) is 14.7 Å². The van der Waals surface area contributed by atoms with Crippen molar-refractivity contribution in [2.24, 2.45) is 0 Å². The van der Waals surface area contributed by atoms with Gasteiger partial charge in [-0.25, -0.2) is 4.98 Å². The first-order valence-electron chi connectivity index (χ1n) is 12.4. The fourth-order valence-electron chi connectivity index (χ4n) is 4.59. The summed E-state index contributed by atoms with van der Waals surface area (Å²) in [5.41, 5.74) is 4.02. The summed E-state index contributed by atoms with van der Waals surface area (Å²) in [5.74, 6) is 0.101. The first kappa shape index (κ1) is 24.5. The number of aliphatic hydroxyl groups excluding tert-OH is 1. The quantitative estimate of drug-likeness (QED) is 0.497. The van der Waals surface area contributed by atoms with Crippen molar-refractivity contribution in [1.29, 1.82) is 0 Å². The molecule has 1 fully saturated rings. The number of fused-ring (bicyclic) bond motifs is 1. The van der Waals surface area contributed by atoms with Crippen LogP contribution in [0.2, 0.25) is 0 Å². The summed E-state index contributed by atoms with van der Waals surface area (Å²) >= 11 is 0. The number of hydrogen-bond acceptors (Lipinski definition) is 6. The van der Waals surface area contributed by atoms with Crippen molar-refractivity contribution in [2.75, 3.05) is 40.3 Å². The summed E-state index contributed by atoms with van der Waals surface area (Å²) in [5, 5.41) is 21.2. The molecule has 0 spiro atoms. The van der Waals surface area contributed by atoms with Gasteiger partial charge in [0.2, 0.25) is 0 Å². The third kappa shape index (κ3) is 5.17. The summed E-state index contributed by atoms with van der Waals surface area (Å²) in [6.45, 7) is 2.79. The molecule has 3 aromatic rings. The number of nitrogens with zero attached hydrogens (tertiary/aromatic N) is 4. The Hall–Kier alpha value is -4.24. The Balaban J connectivity index is 1.51. The standard InChI is InChI=1S/C28H30N6O3/c1-33(2)27(36)20-6-3-18(4-7-20)5-12-23-25-22(28(37)34-15-13-29-14-16-34)17-24(30-26(25)32-31-23)19-8-10-21(35)11-9-19/h3-8,10-12,17,19,29,35H,9,13-16H2,1-2H3,(H,30,31,32)/b12-5+. The number of piperazine rings is 1. The Morgan fingerprint density at radius 2 is 1.89 bits per heavy atom. The second-order valence-electron chi connectivity index (χ2n) is 9.45. The summed E-state index contributed by atoms with van der Waals surface area (Å²) in [4.78, 5) is 34.0. The lowest BCUT2D eigenvalue weighted by Gasteiger charge is -2.28. The zero-order valence-electron chi connectivity index (χ0n) is 20.9. The maximum Gasteiger partial charge on any atom is 0.254 e. The van der Waals surface area contributed by atoms with Gasteiger partial charge in [-0.3, -0.25) is 14.7 Å². The van der Waals surface area contributed by atoms with E-state index in [-0.39, 0.29) is 23.5 Å². The highest BCUT2D eigenvalue weighted by Gasteiger charge is 2.25. The van der Waals surface area contributed by atoms with Crippen molar-refractivity contribution in [2.45, 2.75) is 12.3 Å². The molecule has 3 N–H and O–H groups in total. The average molecular weight is 499 g/mol. The number of allylic oxidation sites excluding steroid dienone is 3. The molecule has 0 radical (unpaired) electrons. The molecule has 5 rings (SSSR count). The molecule has 1 aromatic carbocycles. The molecule has 1 saturated heterocycles. The van der Waals surface area contributed by atoms with Crippen LogP contribution in [0.1, 0.15) is 50.0 Å². The predicted octanol–water partition coefficient (Wildman–Crippen LogP) is 3.36. The van der Waals surface area contributed by atoms with Crippen LogP contribution in [0.25, 0.3) is 23.2 Å². The topological polar surface area (TPSA) is 114 Å². The summed E-state index contributed by atoms with van der Waals surface area (Å²) in [6, 6.07) is 9.21. The van der Waals surface area contributed by atoms with E-state index in [1.807, 2.05) is 41.3 Å². The second kappa shape index (κ2) is 10.4. The number of rotatable bonds is 5. The highest BCUT2D eigenvalue weighted by Crippen LogP contribution is 2.30. The first-order valence-corrected chi connectivity index (χ1v) is 12.4. The third-order valence-electron chi connectivity index (χ3n) is 6.67. The van der Waals surface area contributed by atoms with E-state index >= 15 is 0 Å². The second-order valence-corrected chi connectivity index (χ2v) is 9.45. The molecule has 9 nitrogen and oxygen atoms in total. The van der Waals surface area contributed by atoms with Crippen LogP contribution in [0.3, 0.4) is 0 Å². The Labute approximate surface area is 215 Å². The van der Waals surface area contributed by atoms with Gasteiger partial charge in [0, 0.05) is 51.8 Å². The van der Waals surface area contributed by atoms with Crippen molar-refractivity contribution in [3.8, 4) is 0 Å². The number of hydrogen-bond donors (Lipinski definition) is 3. The number of nitrogens with one attached hydrogen (secondary N) is 2. The largest absolute Gasteiger partial charge is 0.508 e. The zero-order chi connectivity index (χ0) is 25.9. The van der Waals surface area contributed by atoms with E-state index in [1.165, 1.54) is 0 Å². The van der Waals surface area contributed by atoms with E-state index in [0.29, 0.717) is 47.4 Å². The lowest BCUT2D eigenvalue weighted by molar-refractivity contribution is 0.0737. The maximum absolute atomic E-state index is 13.7. The fraction of sp³-hybridized carbons (Fsp3) is 0.286. The number of benzene rings is 1. The molecule has 0 bridgehead atoms. The third-order valence-corrected chi connectivity index (χ3v) is 6.67. The van der Waals surface area contributed by atoms with Crippen LogP contribution in [0.5, 0.6) is 0 Å². The van der Waals surface area contributed by atoms with Gasteiger partial charge in [-0.1, -0.05) is 24.3 Å². The van der Waals surface area contributed by atoms with E-state index in [4.69, 9.17) is 4.98 Å². The van der Waals surface area contributed by atoms with Gasteiger partial charge in [-0.05, 0) is 48.4 Å². The van der Waals surface area contributed by atoms with E-state index in [2.05, 4.69) is 15.5 Å². The van der Waals surface area contributed by atoms with Gasteiger partial charge in [0.25, 0.3) is 11.8 Å². The lowest BCUT2D eigenvalue weighted by Crippen LogP contribution is -2.46. The van der Waals surface area contributed by atoms with Crippen LogP contribution >= 0.6 is 0 Å². The minimum absolute atomic E-state index is 0.0412. The zero-order valence-corrected chi connectivity index (χ0v) is 20.9. The van der Waals surface area contributed by atoms with Gasteiger partial charge in [0.1, 0.15) is 5.76 Å². The molecular weight excluding hydrogens is 468 g/mol. The average Bonchev–Trinajstić information content (AvgIpc) is 3.34.